The van der Waals surface area contributed by atoms with Crippen molar-refractivity contribution in [3.8, 4) is 5.75 Å². The van der Waals surface area contributed by atoms with Crippen LogP contribution < -0.4 is 5.32 Å². The summed E-state index contributed by atoms with van der Waals surface area (Å²) in [6, 6.07) is 7.27. The smallest absolute Gasteiger partial charge is 0.335 e. The summed E-state index contributed by atoms with van der Waals surface area (Å²) in [4.78, 5) is 22.7. The number of nitrogens with one attached hydrogen (secondary N) is 1. The molecule has 2 aromatic rings. The molecule has 0 spiro atoms. The predicted octanol–water partition coefficient (Wildman–Crippen LogP) is 3.24. The molecule has 0 aliphatic heterocycles. The van der Waals surface area contributed by atoms with Gasteiger partial charge in [0.05, 0.1) is 15.7 Å². The first-order chi connectivity index (χ1) is 9.88. The van der Waals surface area contributed by atoms with Crippen LogP contribution in [0.25, 0.3) is 0 Å². The molecule has 3 N–H and O–H groups in total. The van der Waals surface area contributed by atoms with E-state index in [1.807, 2.05) is 0 Å². The summed E-state index contributed by atoms with van der Waals surface area (Å²) in [6.45, 7) is 0. The average Bonchev–Trinajstić information content (AvgIpc) is 2.43. The number of anilines is 1. The second-order valence-corrected chi connectivity index (χ2v) is 4.97. The predicted molar refractivity (Wildman–Crippen MR) is 77.1 cm³/mol. The minimum Gasteiger partial charge on any atom is -0.506 e. The van der Waals surface area contributed by atoms with Crippen LogP contribution in [0.2, 0.25) is 0 Å². The van der Waals surface area contributed by atoms with Crippen LogP contribution in [0.3, 0.4) is 0 Å². The third-order valence-electron chi connectivity index (χ3n) is 2.67. The van der Waals surface area contributed by atoms with Gasteiger partial charge in [-0.15, -0.1) is 0 Å². The lowest BCUT2D eigenvalue weighted by molar-refractivity contribution is 0.0696. The van der Waals surface area contributed by atoms with Gasteiger partial charge in [0, 0.05) is 5.56 Å². The van der Waals surface area contributed by atoms with E-state index in [0.29, 0.717) is 0 Å². The van der Waals surface area contributed by atoms with E-state index in [1.165, 1.54) is 24.3 Å². The standard InChI is InChI=1S/C14H9BrFNO4/c15-9-5-7(1-3-10(9)16)13(19)17-11-4-2-8(14(20)21)6-12(11)18/h1-6,18H,(H,17,19)(H,20,21). The molecule has 0 fully saturated rings. The molecule has 0 aliphatic carbocycles. The number of carboxylic acid groups (broad SMARTS) is 1. The zero-order valence-corrected chi connectivity index (χ0v) is 12.0. The fourth-order valence-corrected chi connectivity index (χ4v) is 1.98. The van der Waals surface area contributed by atoms with Crippen molar-refractivity contribution in [3.05, 3.63) is 57.8 Å². The van der Waals surface area contributed by atoms with E-state index in [9.17, 15) is 19.1 Å². The highest BCUT2D eigenvalue weighted by Crippen LogP contribution is 2.25. The van der Waals surface area contributed by atoms with Gasteiger partial charge < -0.3 is 15.5 Å². The SMILES string of the molecule is O=C(O)c1ccc(NC(=O)c2ccc(F)c(Br)c2)c(O)c1. The Kier molecular flexibility index (Phi) is 4.23. The molecule has 0 bridgehead atoms. The van der Waals surface area contributed by atoms with Gasteiger partial charge in [-0.3, -0.25) is 4.79 Å². The van der Waals surface area contributed by atoms with E-state index >= 15 is 0 Å². The van der Waals surface area contributed by atoms with Gasteiger partial charge in [0.2, 0.25) is 0 Å². The van der Waals surface area contributed by atoms with Crippen molar-refractivity contribution in [2.24, 2.45) is 0 Å². The van der Waals surface area contributed by atoms with Crippen LogP contribution in [0, 0.1) is 5.82 Å². The maximum absolute atomic E-state index is 13.1. The van der Waals surface area contributed by atoms with Crippen LogP contribution in [0.15, 0.2) is 40.9 Å². The lowest BCUT2D eigenvalue weighted by Gasteiger charge is -2.08. The number of hydrogen-bond acceptors (Lipinski definition) is 3. The number of hydrogen-bond donors (Lipinski definition) is 3. The highest BCUT2D eigenvalue weighted by atomic mass is 79.9. The second kappa shape index (κ2) is 5.92. The summed E-state index contributed by atoms with van der Waals surface area (Å²) >= 11 is 2.97. The number of benzene rings is 2. The lowest BCUT2D eigenvalue weighted by Crippen LogP contribution is -2.12. The summed E-state index contributed by atoms with van der Waals surface area (Å²) in [5.41, 5.74) is 0.144. The normalized spacial score (nSPS) is 10.2. The Labute approximate surface area is 127 Å². The summed E-state index contributed by atoms with van der Waals surface area (Å²) in [5, 5.41) is 20.9. The van der Waals surface area contributed by atoms with Crippen LogP contribution in [-0.2, 0) is 0 Å². The Hall–Kier alpha value is -2.41. The molecule has 0 radical (unpaired) electrons. The molecular weight excluding hydrogens is 345 g/mol. The molecule has 7 heteroatoms. The molecule has 0 aromatic heterocycles. The molecule has 108 valence electrons. The van der Waals surface area contributed by atoms with Crippen molar-refractivity contribution in [2.45, 2.75) is 0 Å². The third kappa shape index (κ3) is 3.38. The van der Waals surface area contributed by atoms with Crippen molar-refractivity contribution in [1.82, 2.24) is 0 Å². The number of amides is 1. The number of halogens is 2. The molecule has 2 aromatic carbocycles. The lowest BCUT2D eigenvalue weighted by atomic mass is 10.1. The Morgan fingerprint density at radius 2 is 1.76 bits per heavy atom. The zero-order chi connectivity index (χ0) is 15.6. The van der Waals surface area contributed by atoms with E-state index < -0.39 is 17.7 Å². The third-order valence-corrected chi connectivity index (χ3v) is 3.28. The zero-order valence-electron chi connectivity index (χ0n) is 10.4. The van der Waals surface area contributed by atoms with Gasteiger partial charge in [-0.2, -0.15) is 0 Å². The van der Waals surface area contributed by atoms with E-state index in [2.05, 4.69) is 21.2 Å². The van der Waals surface area contributed by atoms with Gasteiger partial charge in [-0.05, 0) is 52.3 Å². The molecule has 0 unspecified atom stereocenters. The number of aromatic carboxylic acids is 1. The van der Waals surface area contributed by atoms with Gasteiger partial charge in [0.15, 0.2) is 0 Å². The molecule has 0 saturated heterocycles. The van der Waals surface area contributed by atoms with Crippen LogP contribution in [0.1, 0.15) is 20.7 Å². The first-order valence-corrected chi connectivity index (χ1v) is 6.50. The number of phenolic OH excluding ortho intramolecular Hbond substituents is 1. The quantitative estimate of drug-likeness (QED) is 0.739. The minimum absolute atomic E-state index is 0.0606. The first kappa shape index (κ1) is 15.0. The second-order valence-electron chi connectivity index (χ2n) is 4.12. The number of carbonyl (C=O) groups excluding carboxylic acids is 1. The van der Waals surface area contributed by atoms with Crippen molar-refractivity contribution in [3.63, 3.8) is 0 Å². The van der Waals surface area contributed by atoms with Crippen molar-refractivity contribution >= 4 is 33.5 Å². The molecule has 0 saturated carbocycles. The maximum Gasteiger partial charge on any atom is 0.335 e. The minimum atomic E-state index is -1.19. The molecule has 1 amide bonds. The van der Waals surface area contributed by atoms with Crippen molar-refractivity contribution in [2.75, 3.05) is 5.32 Å². The molecule has 21 heavy (non-hydrogen) atoms. The van der Waals surface area contributed by atoms with Crippen molar-refractivity contribution < 1.29 is 24.2 Å². The fourth-order valence-electron chi connectivity index (χ4n) is 1.60. The molecule has 0 heterocycles. The van der Waals surface area contributed by atoms with Crippen LogP contribution in [0.5, 0.6) is 5.75 Å². The van der Waals surface area contributed by atoms with E-state index in [4.69, 9.17) is 5.11 Å². The molecule has 0 atom stereocenters. The van der Waals surface area contributed by atoms with Gasteiger partial charge in [-0.1, -0.05) is 0 Å². The molecule has 2 rings (SSSR count). The first-order valence-electron chi connectivity index (χ1n) is 5.71. The summed E-state index contributed by atoms with van der Waals surface area (Å²) in [6.07, 6.45) is 0. The summed E-state index contributed by atoms with van der Waals surface area (Å²) in [5.74, 6) is -2.62. The summed E-state index contributed by atoms with van der Waals surface area (Å²) in [7, 11) is 0. The monoisotopic (exact) mass is 353 g/mol. The maximum atomic E-state index is 13.1. The van der Waals surface area contributed by atoms with Crippen LogP contribution in [0.4, 0.5) is 10.1 Å². The molecule has 0 aliphatic rings. The largest absolute Gasteiger partial charge is 0.506 e. The Morgan fingerprint density at radius 1 is 1.10 bits per heavy atom. The number of aromatic hydroxyl groups is 1. The highest BCUT2D eigenvalue weighted by Gasteiger charge is 2.12. The Bertz CT molecular complexity index is 733. The van der Waals surface area contributed by atoms with E-state index in [0.717, 1.165) is 12.1 Å². The van der Waals surface area contributed by atoms with Crippen LogP contribution in [-0.4, -0.2) is 22.1 Å². The van der Waals surface area contributed by atoms with Crippen LogP contribution >= 0.6 is 15.9 Å². The number of carboxylic acids is 1. The van der Waals surface area contributed by atoms with Gasteiger partial charge in [-0.25, -0.2) is 9.18 Å². The Morgan fingerprint density at radius 3 is 2.33 bits per heavy atom. The number of rotatable bonds is 3. The topological polar surface area (TPSA) is 86.6 Å². The van der Waals surface area contributed by atoms with Gasteiger partial charge >= 0.3 is 5.97 Å². The van der Waals surface area contributed by atoms with E-state index in [-0.39, 0.29) is 27.0 Å². The summed E-state index contributed by atoms with van der Waals surface area (Å²) < 4.78 is 13.2. The Balaban J connectivity index is 2.23. The average molecular weight is 354 g/mol. The van der Waals surface area contributed by atoms with Gasteiger partial charge in [0.1, 0.15) is 11.6 Å². The van der Waals surface area contributed by atoms with E-state index in [1.54, 1.807) is 0 Å². The highest BCUT2D eigenvalue weighted by molar-refractivity contribution is 9.10. The number of carbonyl (C=O) groups is 2. The van der Waals surface area contributed by atoms with Gasteiger partial charge in [0.25, 0.3) is 5.91 Å². The molecular formula is C14H9BrFNO4. The fraction of sp³-hybridized carbons (Fsp3) is 0. The van der Waals surface area contributed by atoms with Crippen molar-refractivity contribution in [1.29, 1.82) is 0 Å². The molecule has 5 nitrogen and oxygen atoms in total. The number of phenols is 1.